The van der Waals surface area contributed by atoms with Gasteiger partial charge in [-0.15, -0.1) is 0 Å². The molecule has 0 amide bonds. The van der Waals surface area contributed by atoms with Crippen molar-refractivity contribution in [2.75, 3.05) is 31.5 Å². The maximum Gasteiger partial charge on any atom is 0.173 e. The monoisotopic (exact) mass is 466 g/mol. The molecule has 0 saturated carbocycles. The summed E-state index contributed by atoms with van der Waals surface area (Å²) in [4.78, 5) is 4.70. The first-order valence-electron chi connectivity index (χ1n) is 11.6. The highest BCUT2D eigenvalue weighted by atomic mass is 32.1. The molecule has 32 heavy (non-hydrogen) atoms. The van der Waals surface area contributed by atoms with Gasteiger partial charge in [0.15, 0.2) is 10.2 Å². The normalized spacial score (nSPS) is 18.5. The van der Waals surface area contributed by atoms with Crippen molar-refractivity contribution in [2.45, 2.75) is 46.1 Å². The van der Waals surface area contributed by atoms with Crippen molar-refractivity contribution in [3.8, 4) is 0 Å². The molecule has 2 saturated heterocycles. The second-order valence-electron chi connectivity index (χ2n) is 9.55. The molecule has 1 spiro atoms. The van der Waals surface area contributed by atoms with E-state index in [0.717, 1.165) is 54.9 Å². The number of likely N-dealkylation sites (tertiary alicyclic amines) is 2. The molecule has 6 heteroatoms. The molecule has 2 aromatic rings. The lowest BCUT2D eigenvalue weighted by Crippen LogP contribution is -2.47. The van der Waals surface area contributed by atoms with Crippen LogP contribution in [0.4, 0.5) is 5.69 Å². The number of nitrogens with one attached hydrogen (secondary N) is 2. The molecule has 0 aliphatic carbocycles. The number of thiocarbonyl (C=S) groups is 2. The van der Waals surface area contributed by atoms with Gasteiger partial charge < -0.3 is 20.4 Å². The molecule has 2 aliphatic rings. The number of anilines is 1. The Kier molecular flexibility index (Phi) is 7.01. The Hall–Kier alpha value is -2.18. The van der Waals surface area contributed by atoms with Gasteiger partial charge in [0, 0.05) is 31.9 Å². The molecule has 2 heterocycles. The second kappa shape index (κ2) is 9.75. The van der Waals surface area contributed by atoms with Gasteiger partial charge in [0.1, 0.15) is 0 Å². The summed E-state index contributed by atoms with van der Waals surface area (Å²) in [6, 6.07) is 17.2. The first kappa shape index (κ1) is 23.0. The summed E-state index contributed by atoms with van der Waals surface area (Å²) in [5, 5.41) is 8.72. The van der Waals surface area contributed by atoms with Crippen molar-refractivity contribution in [3.63, 3.8) is 0 Å². The third-order valence-electron chi connectivity index (χ3n) is 6.95. The summed E-state index contributed by atoms with van der Waals surface area (Å²) in [5.41, 5.74) is 5.22. The minimum absolute atomic E-state index is 0.218. The summed E-state index contributed by atoms with van der Waals surface area (Å²) in [5.74, 6) is 0. The van der Waals surface area contributed by atoms with Crippen LogP contribution in [-0.4, -0.2) is 46.2 Å². The lowest BCUT2D eigenvalue weighted by molar-refractivity contribution is 0.161. The number of rotatable bonds is 3. The zero-order valence-electron chi connectivity index (χ0n) is 19.4. The van der Waals surface area contributed by atoms with E-state index in [1.54, 1.807) is 0 Å². The van der Waals surface area contributed by atoms with Gasteiger partial charge >= 0.3 is 0 Å². The molecule has 2 fully saturated rings. The van der Waals surface area contributed by atoms with Gasteiger partial charge in [-0.25, -0.2) is 0 Å². The van der Waals surface area contributed by atoms with Gasteiger partial charge in [-0.3, -0.25) is 0 Å². The average Bonchev–Trinajstić information content (AvgIpc) is 3.17. The molecule has 0 aromatic heterocycles. The molecule has 2 N–H and O–H groups in total. The van der Waals surface area contributed by atoms with Crippen molar-refractivity contribution in [1.29, 1.82) is 0 Å². The van der Waals surface area contributed by atoms with Crippen LogP contribution in [0.3, 0.4) is 0 Å². The van der Waals surface area contributed by atoms with Crippen LogP contribution >= 0.6 is 24.4 Å². The van der Waals surface area contributed by atoms with Crippen molar-refractivity contribution in [2.24, 2.45) is 5.41 Å². The van der Waals surface area contributed by atoms with Gasteiger partial charge in [0.05, 0.1) is 6.04 Å². The molecule has 4 nitrogen and oxygen atoms in total. The van der Waals surface area contributed by atoms with Crippen LogP contribution in [-0.2, 0) is 0 Å². The Labute approximate surface area is 203 Å². The Morgan fingerprint density at radius 3 is 2.09 bits per heavy atom. The largest absolute Gasteiger partial charge is 0.356 e. The summed E-state index contributed by atoms with van der Waals surface area (Å²) < 4.78 is 0. The van der Waals surface area contributed by atoms with Gasteiger partial charge in [-0.2, -0.15) is 0 Å². The highest BCUT2D eigenvalue weighted by molar-refractivity contribution is 7.80. The summed E-state index contributed by atoms with van der Waals surface area (Å²) in [6.07, 6.45) is 3.53. The van der Waals surface area contributed by atoms with E-state index in [-0.39, 0.29) is 6.04 Å². The van der Waals surface area contributed by atoms with Crippen LogP contribution in [0.15, 0.2) is 48.5 Å². The van der Waals surface area contributed by atoms with Gasteiger partial charge in [-0.05, 0) is 98.7 Å². The fraction of sp³-hybridized carbons (Fsp3) is 0.462. The van der Waals surface area contributed by atoms with Crippen LogP contribution in [0.1, 0.15) is 48.9 Å². The Morgan fingerprint density at radius 1 is 0.875 bits per heavy atom. The zero-order chi connectivity index (χ0) is 22.7. The highest BCUT2D eigenvalue weighted by Crippen LogP contribution is 2.40. The predicted molar refractivity (Wildman–Crippen MR) is 142 cm³/mol. The number of nitrogens with zero attached hydrogens (tertiary/aromatic N) is 2. The molecule has 2 aliphatic heterocycles. The van der Waals surface area contributed by atoms with Crippen molar-refractivity contribution in [1.82, 2.24) is 15.1 Å². The fourth-order valence-corrected chi connectivity index (χ4v) is 5.68. The lowest BCUT2D eigenvalue weighted by Gasteiger charge is -2.40. The Bertz CT molecular complexity index is 947. The van der Waals surface area contributed by atoms with Gasteiger partial charge in [0.2, 0.25) is 0 Å². The quantitative estimate of drug-likeness (QED) is 0.587. The minimum Gasteiger partial charge on any atom is -0.356 e. The van der Waals surface area contributed by atoms with Crippen LogP contribution in [0.25, 0.3) is 0 Å². The molecule has 4 rings (SSSR count). The number of hydrogen-bond acceptors (Lipinski definition) is 2. The van der Waals surface area contributed by atoms with E-state index in [1.165, 1.54) is 23.1 Å². The molecule has 0 bridgehead atoms. The second-order valence-corrected chi connectivity index (χ2v) is 10.3. The van der Waals surface area contributed by atoms with E-state index in [0.29, 0.717) is 5.41 Å². The molecule has 1 unspecified atom stereocenters. The SMILES string of the molecule is Cc1cc(C)cc(NC(=S)N2CCC3(CC2)CCN(C(=S)NC(C)c2ccccc2)C3)c1. The van der Waals surface area contributed by atoms with E-state index < -0.39 is 0 Å². The number of aryl methyl sites for hydroxylation is 2. The summed E-state index contributed by atoms with van der Waals surface area (Å²) in [6.45, 7) is 10.5. The fourth-order valence-electron chi connectivity index (χ4n) is 5.05. The van der Waals surface area contributed by atoms with Crippen molar-refractivity contribution >= 4 is 40.3 Å². The van der Waals surface area contributed by atoms with Crippen LogP contribution in [0.5, 0.6) is 0 Å². The average molecular weight is 467 g/mol. The third-order valence-corrected chi connectivity index (χ3v) is 7.69. The maximum atomic E-state index is 5.77. The number of piperidine rings is 1. The minimum atomic E-state index is 0.218. The van der Waals surface area contributed by atoms with Crippen molar-refractivity contribution in [3.05, 3.63) is 65.2 Å². The lowest BCUT2D eigenvalue weighted by atomic mass is 9.78. The summed E-state index contributed by atoms with van der Waals surface area (Å²) in [7, 11) is 0. The molecule has 0 radical (unpaired) electrons. The number of benzene rings is 2. The van der Waals surface area contributed by atoms with Crippen LogP contribution in [0.2, 0.25) is 0 Å². The first-order valence-corrected chi connectivity index (χ1v) is 12.4. The van der Waals surface area contributed by atoms with Gasteiger partial charge in [0.25, 0.3) is 0 Å². The molecule has 1 atom stereocenters. The van der Waals surface area contributed by atoms with Gasteiger partial charge in [-0.1, -0.05) is 36.4 Å². The van der Waals surface area contributed by atoms with E-state index in [4.69, 9.17) is 24.4 Å². The Morgan fingerprint density at radius 2 is 1.47 bits per heavy atom. The highest BCUT2D eigenvalue weighted by Gasteiger charge is 2.41. The Balaban J connectivity index is 1.28. The maximum absolute atomic E-state index is 5.77. The first-order chi connectivity index (χ1) is 15.3. The summed E-state index contributed by atoms with van der Waals surface area (Å²) >= 11 is 11.5. The van der Waals surface area contributed by atoms with E-state index >= 15 is 0 Å². The smallest absolute Gasteiger partial charge is 0.173 e. The zero-order valence-corrected chi connectivity index (χ0v) is 21.0. The van der Waals surface area contributed by atoms with E-state index in [1.807, 2.05) is 6.07 Å². The molecule has 170 valence electrons. The van der Waals surface area contributed by atoms with E-state index in [9.17, 15) is 0 Å². The molecule has 2 aromatic carbocycles. The topological polar surface area (TPSA) is 30.5 Å². The number of hydrogen-bond donors (Lipinski definition) is 2. The molecular formula is C26H34N4S2. The predicted octanol–water partition coefficient (Wildman–Crippen LogP) is 5.42. The standard InChI is InChI=1S/C26H34N4S2/c1-19-15-20(2)17-23(16-19)28-25(32)29-12-9-26(10-13-29)11-14-30(18-26)24(31)27-21(3)22-7-5-4-6-8-22/h4-8,15-17,21H,9-14,18H2,1-3H3,(H,27,31)(H,28,32). The van der Waals surface area contributed by atoms with Crippen LogP contribution in [0, 0.1) is 19.3 Å². The van der Waals surface area contributed by atoms with E-state index in [2.05, 4.69) is 83.7 Å². The van der Waals surface area contributed by atoms with Crippen LogP contribution < -0.4 is 10.6 Å². The van der Waals surface area contributed by atoms with Crippen molar-refractivity contribution < 1.29 is 0 Å². The third kappa shape index (κ3) is 5.41. The molecular weight excluding hydrogens is 432 g/mol.